The Hall–Kier alpha value is -3.23. The van der Waals surface area contributed by atoms with Gasteiger partial charge in [-0.05, 0) is 31.7 Å². The second-order valence-electron chi connectivity index (χ2n) is 11.8. The van der Waals surface area contributed by atoms with Crippen LogP contribution in [-0.2, 0) is 30.4 Å². The van der Waals surface area contributed by atoms with Crippen LogP contribution < -0.4 is 43.0 Å². The second-order valence-corrected chi connectivity index (χ2v) is 11.8. The number of hydrogen-bond acceptors (Lipinski definition) is 10. The third kappa shape index (κ3) is 15.0. The largest absolute Gasteiger partial charge is 0.348 e. The van der Waals surface area contributed by atoms with Crippen molar-refractivity contribution < 1.29 is 24.0 Å². The summed E-state index contributed by atoms with van der Waals surface area (Å²) in [5.74, 6) is -0.540. The van der Waals surface area contributed by atoms with E-state index in [9.17, 15) is 24.0 Å². The molecule has 0 aromatic heterocycles. The average Bonchev–Trinajstić information content (AvgIpc) is 3.00. The van der Waals surface area contributed by atoms with Crippen LogP contribution in [0.4, 0.5) is 0 Å². The van der Waals surface area contributed by atoms with E-state index in [0.29, 0.717) is 84.5 Å². The summed E-state index contributed by atoms with van der Waals surface area (Å²) in [6.07, 6.45) is 3.83. The van der Waals surface area contributed by atoms with Gasteiger partial charge in [0.1, 0.15) is 12.6 Å². The van der Waals surface area contributed by atoms with Gasteiger partial charge < -0.3 is 52.5 Å². The zero-order valence-electron chi connectivity index (χ0n) is 26.1. The van der Waals surface area contributed by atoms with Crippen LogP contribution in [0.5, 0.6) is 0 Å². The summed E-state index contributed by atoms with van der Waals surface area (Å²) >= 11 is 0. The summed E-state index contributed by atoms with van der Waals surface area (Å²) in [5, 5.41) is 22.5. The molecule has 1 aromatic carbocycles. The van der Waals surface area contributed by atoms with Crippen LogP contribution >= 0.6 is 0 Å². The number of amides is 3. The first-order valence-electron chi connectivity index (χ1n) is 15.6. The zero-order chi connectivity index (χ0) is 32.1. The highest BCUT2D eigenvalue weighted by Gasteiger charge is 2.30. The highest BCUT2D eigenvalue weighted by atomic mass is 16.2. The Kier molecular flexibility index (Phi) is 17.4. The van der Waals surface area contributed by atoms with E-state index in [2.05, 4.69) is 37.2 Å². The van der Waals surface area contributed by atoms with Gasteiger partial charge in [-0.2, -0.15) is 0 Å². The van der Waals surface area contributed by atoms with Crippen molar-refractivity contribution in [3.63, 3.8) is 0 Å². The molecule has 13 heteroatoms. The highest BCUT2D eigenvalue weighted by Crippen LogP contribution is 2.07. The van der Waals surface area contributed by atoms with E-state index in [-0.39, 0.29) is 37.1 Å². The van der Waals surface area contributed by atoms with Crippen LogP contribution in [0.25, 0.3) is 0 Å². The molecular weight excluding hydrogens is 564 g/mol. The van der Waals surface area contributed by atoms with Gasteiger partial charge in [0, 0.05) is 84.6 Å². The lowest BCUT2D eigenvalue weighted by atomic mass is 9.98. The van der Waals surface area contributed by atoms with E-state index in [0.717, 1.165) is 18.1 Å². The average molecular weight is 617 g/mol. The second kappa shape index (κ2) is 20.7. The third-order valence-corrected chi connectivity index (χ3v) is 7.49. The van der Waals surface area contributed by atoms with Crippen molar-refractivity contribution in [2.75, 3.05) is 58.9 Å². The molecule has 0 bridgehead atoms. The molecule has 1 aromatic rings. The minimum atomic E-state index is -0.717. The summed E-state index contributed by atoms with van der Waals surface area (Å²) in [7, 11) is 0. The standard InChI is InChI=1S/C31H52N8O5/c1-30(38-28(43)10-5-6-17-40)21-33-13-15-35-23-31(20-32,24-36-16-14-34-22-30)39-29(44)12-7-11-27(42)37-26(19-41)18-25-8-3-2-4-9-25/h2-4,8-9,17,19,26,33-36H,5-7,10-16,18,20-24,32H2,1H3,(H,37,42)(H,38,43)(H,39,44). The lowest BCUT2D eigenvalue weighted by Gasteiger charge is -2.35. The minimum absolute atomic E-state index is 0.0763. The van der Waals surface area contributed by atoms with Crippen molar-refractivity contribution in [2.45, 2.75) is 69.0 Å². The van der Waals surface area contributed by atoms with Crippen LogP contribution in [0.2, 0.25) is 0 Å². The Bertz CT molecular complexity index is 1010. The summed E-state index contributed by atoms with van der Waals surface area (Å²) in [5.41, 5.74) is 5.92. The lowest BCUT2D eigenvalue weighted by Crippen LogP contribution is -2.65. The highest BCUT2D eigenvalue weighted by molar-refractivity contribution is 5.81. The van der Waals surface area contributed by atoms with Crippen molar-refractivity contribution in [3.05, 3.63) is 35.9 Å². The van der Waals surface area contributed by atoms with Gasteiger partial charge >= 0.3 is 0 Å². The quantitative estimate of drug-likeness (QED) is 0.0850. The molecule has 246 valence electrons. The van der Waals surface area contributed by atoms with Gasteiger partial charge in [0.2, 0.25) is 17.7 Å². The first-order chi connectivity index (χ1) is 21.2. The van der Waals surface area contributed by atoms with Crippen molar-refractivity contribution in [1.29, 1.82) is 0 Å². The Balaban J connectivity index is 1.81. The van der Waals surface area contributed by atoms with Crippen LogP contribution in [0.3, 0.4) is 0 Å². The molecule has 1 unspecified atom stereocenters. The molecule has 1 fully saturated rings. The van der Waals surface area contributed by atoms with Crippen LogP contribution in [0, 0.1) is 0 Å². The molecular formula is C31H52N8O5. The van der Waals surface area contributed by atoms with Crippen molar-refractivity contribution in [2.24, 2.45) is 5.73 Å². The minimum Gasteiger partial charge on any atom is -0.348 e. The van der Waals surface area contributed by atoms with Crippen LogP contribution in [0.15, 0.2) is 30.3 Å². The zero-order valence-corrected chi connectivity index (χ0v) is 26.1. The fraction of sp³-hybridized carbons (Fsp3) is 0.645. The van der Waals surface area contributed by atoms with E-state index >= 15 is 0 Å². The Morgan fingerprint density at radius 2 is 1.36 bits per heavy atom. The van der Waals surface area contributed by atoms with Gasteiger partial charge in [-0.1, -0.05) is 30.3 Å². The number of benzene rings is 1. The Morgan fingerprint density at radius 1 is 0.818 bits per heavy atom. The number of hydrogen-bond donors (Lipinski definition) is 8. The number of nitrogens with one attached hydrogen (secondary N) is 7. The predicted octanol–water partition coefficient (Wildman–Crippen LogP) is -1.49. The smallest absolute Gasteiger partial charge is 0.220 e. The number of nitrogens with two attached hydrogens (primary N) is 1. The number of carbonyl (C=O) groups is 5. The molecule has 44 heavy (non-hydrogen) atoms. The molecule has 3 amide bonds. The Morgan fingerprint density at radius 3 is 1.93 bits per heavy atom. The Labute approximate surface area is 261 Å². The van der Waals surface area contributed by atoms with Gasteiger partial charge in [0.05, 0.1) is 17.1 Å². The monoisotopic (exact) mass is 616 g/mol. The normalized spacial score (nSPS) is 22.5. The topological polar surface area (TPSA) is 196 Å². The molecule has 0 aliphatic carbocycles. The molecule has 1 aliphatic rings. The van der Waals surface area contributed by atoms with Gasteiger partial charge in [0.25, 0.3) is 0 Å². The molecule has 2 rings (SSSR count). The first-order valence-corrected chi connectivity index (χ1v) is 15.6. The molecule has 1 aliphatic heterocycles. The fourth-order valence-corrected chi connectivity index (χ4v) is 5.03. The summed E-state index contributed by atoms with van der Waals surface area (Å²) < 4.78 is 0. The first kappa shape index (κ1) is 37.0. The molecule has 1 saturated heterocycles. The van der Waals surface area contributed by atoms with Gasteiger partial charge in [0.15, 0.2) is 0 Å². The van der Waals surface area contributed by atoms with E-state index in [1.165, 1.54) is 0 Å². The maximum absolute atomic E-state index is 12.9. The lowest BCUT2D eigenvalue weighted by molar-refractivity contribution is -0.125. The number of unbranched alkanes of at least 4 members (excludes halogenated alkanes) is 1. The third-order valence-electron chi connectivity index (χ3n) is 7.49. The molecule has 13 nitrogen and oxygen atoms in total. The molecule has 1 atom stereocenters. The maximum atomic E-state index is 12.9. The van der Waals surface area contributed by atoms with Gasteiger partial charge in [-0.15, -0.1) is 0 Å². The summed E-state index contributed by atoms with van der Waals surface area (Å²) in [6, 6.07) is 8.86. The van der Waals surface area contributed by atoms with E-state index in [1.807, 2.05) is 37.3 Å². The van der Waals surface area contributed by atoms with E-state index in [1.54, 1.807) is 0 Å². The maximum Gasteiger partial charge on any atom is 0.220 e. The summed E-state index contributed by atoms with van der Waals surface area (Å²) in [4.78, 5) is 59.7. The predicted molar refractivity (Wildman–Crippen MR) is 170 cm³/mol. The van der Waals surface area contributed by atoms with E-state index in [4.69, 9.17) is 5.73 Å². The SMILES string of the molecule is CC1(NC(=O)CCCC=O)CNCCNCC(CN)(NC(=O)CCCC(=O)NC(C=O)Cc2ccccc2)CNCCNC1. The van der Waals surface area contributed by atoms with Crippen LogP contribution in [-0.4, -0.2) is 106 Å². The molecule has 9 N–H and O–H groups in total. The molecule has 0 saturated carbocycles. The van der Waals surface area contributed by atoms with Crippen molar-refractivity contribution in [3.8, 4) is 0 Å². The number of carbonyl (C=O) groups excluding carboxylic acids is 5. The molecule has 0 radical (unpaired) electrons. The van der Waals surface area contributed by atoms with Crippen molar-refractivity contribution >= 4 is 30.3 Å². The summed E-state index contributed by atoms with van der Waals surface area (Å²) in [6.45, 7) is 6.73. The van der Waals surface area contributed by atoms with Gasteiger partial charge in [-0.25, -0.2) is 0 Å². The molecule has 1 heterocycles. The van der Waals surface area contributed by atoms with E-state index < -0.39 is 17.1 Å². The van der Waals surface area contributed by atoms with Crippen LogP contribution in [0.1, 0.15) is 51.0 Å². The fourth-order valence-electron chi connectivity index (χ4n) is 5.03. The number of aldehydes is 2. The van der Waals surface area contributed by atoms with Crippen molar-refractivity contribution in [1.82, 2.24) is 37.2 Å². The number of rotatable bonds is 15. The van der Waals surface area contributed by atoms with Gasteiger partial charge in [-0.3, -0.25) is 14.4 Å². The molecule has 0 spiro atoms.